The van der Waals surface area contributed by atoms with Gasteiger partial charge < -0.3 is 59.4 Å². The maximum atomic E-state index is 12.6. The van der Waals surface area contributed by atoms with Gasteiger partial charge in [-0.05, 0) is 64.7 Å². The average Bonchev–Trinajstić information content (AvgIpc) is 3.30. The number of methoxy groups -OCH3 is 1. The van der Waals surface area contributed by atoms with Gasteiger partial charge in [0.05, 0.1) is 36.6 Å². The van der Waals surface area contributed by atoms with Crippen molar-refractivity contribution >= 4 is 5.78 Å². The minimum absolute atomic E-state index is 0.0686. The van der Waals surface area contributed by atoms with Gasteiger partial charge >= 0.3 is 0 Å². The first kappa shape index (κ1) is 35.7. The largest absolute Gasteiger partial charge is 0.390 e. The number of ether oxygens (including phenoxy) is 5. The zero-order chi connectivity index (χ0) is 34.4. The predicted molar refractivity (Wildman–Crippen MR) is 163 cm³/mol. The third-order valence-electron chi connectivity index (χ3n) is 13.3. The number of Topliss-reactive ketones (excluding diaryl/α,β-unsaturated/α-hetero) is 1. The average molecular weight is 671 g/mol. The number of aliphatic hydroxyl groups excluding tert-OH is 5. The van der Waals surface area contributed by atoms with Crippen LogP contribution in [0.1, 0.15) is 79.6 Å². The molecule has 0 aromatic heterocycles. The fourth-order valence-electron chi connectivity index (χ4n) is 10.6. The molecular formula is C34H54O13. The maximum Gasteiger partial charge on any atom is 0.187 e. The van der Waals surface area contributed by atoms with Crippen LogP contribution in [0.25, 0.3) is 0 Å². The van der Waals surface area contributed by atoms with Gasteiger partial charge in [-0.2, -0.15) is 0 Å². The van der Waals surface area contributed by atoms with Gasteiger partial charge in [-0.1, -0.05) is 25.5 Å². The number of rotatable bonds is 6. The van der Waals surface area contributed by atoms with E-state index in [0.29, 0.717) is 25.7 Å². The van der Waals surface area contributed by atoms with E-state index in [-0.39, 0.29) is 31.1 Å². The van der Waals surface area contributed by atoms with Crippen LogP contribution in [-0.2, 0) is 28.5 Å². The van der Waals surface area contributed by atoms with Crippen LogP contribution in [0.4, 0.5) is 0 Å². The van der Waals surface area contributed by atoms with E-state index >= 15 is 0 Å². The summed E-state index contributed by atoms with van der Waals surface area (Å²) < 4.78 is 29.4. The number of hydrogen-bond donors (Lipinski definition) is 7. The van der Waals surface area contributed by atoms with E-state index in [9.17, 15) is 40.5 Å². The molecule has 2 unspecified atom stereocenters. The van der Waals surface area contributed by atoms with Crippen LogP contribution in [0.5, 0.6) is 0 Å². The van der Waals surface area contributed by atoms with Crippen molar-refractivity contribution < 1.29 is 64.2 Å². The highest BCUT2D eigenvalue weighted by molar-refractivity contribution is 5.80. The van der Waals surface area contributed by atoms with Crippen LogP contribution in [0.15, 0.2) is 11.6 Å². The van der Waals surface area contributed by atoms with Crippen molar-refractivity contribution in [2.45, 2.75) is 164 Å². The molecule has 268 valence electrons. The quantitative estimate of drug-likeness (QED) is 0.187. The minimum Gasteiger partial charge on any atom is -0.390 e. The van der Waals surface area contributed by atoms with E-state index in [0.717, 1.165) is 5.57 Å². The third-order valence-corrected chi connectivity index (χ3v) is 13.3. The van der Waals surface area contributed by atoms with E-state index in [1.54, 1.807) is 20.8 Å². The Hall–Kier alpha value is -1.07. The first-order valence-corrected chi connectivity index (χ1v) is 17.1. The Morgan fingerprint density at radius 1 is 0.915 bits per heavy atom. The summed E-state index contributed by atoms with van der Waals surface area (Å²) in [4.78, 5) is 12.6. The summed E-state index contributed by atoms with van der Waals surface area (Å²) in [5.41, 5.74) is -4.69. The van der Waals surface area contributed by atoms with Crippen molar-refractivity contribution in [1.82, 2.24) is 0 Å². The van der Waals surface area contributed by atoms with Crippen molar-refractivity contribution in [3.05, 3.63) is 11.6 Å². The smallest absolute Gasteiger partial charge is 0.187 e. The van der Waals surface area contributed by atoms with E-state index in [1.165, 1.54) is 14.0 Å². The van der Waals surface area contributed by atoms with Gasteiger partial charge in [0.2, 0.25) is 0 Å². The molecule has 0 bridgehead atoms. The van der Waals surface area contributed by atoms with Crippen LogP contribution < -0.4 is 0 Å². The zero-order valence-electron chi connectivity index (χ0n) is 28.2. The van der Waals surface area contributed by atoms with E-state index in [2.05, 4.69) is 0 Å². The molecule has 6 aliphatic rings. The lowest BCUT2D eigenvalue weighted by molar-refractivity contribution is -0.342. The molecule has 2 heterocycles. The fraction of sp³-hybridized carbons (Fsp3) is 0.912. The molecule has 0 amide bonds. The number of fused-ring (bicyclic) bond motifs is 5. The summed E-state index contributed by atoms with van der Waals surface area (Å²) in [5, 5.41) is 79.8. The summed E-state index contributed by atoms with van der Waals surface area (Å²) in [6.45, 7) is 8.40. The van der Waals surface area contributed by atoms with Crippen LogP contribution in [-0.4, -0.2) is 133 Å². The molecule has 3 saturated carbocycles. The second-order valence-electron chi connectivity index (χ2n) is 15.6. The van der Waals surface area contributed by atoms with Crippen molar-refractivity contribution in [2.75, 3.05) is 7.11 Å². The van der Waals surface area contributed by atoms with E-state index < -0.39 is 101 Å². The monoisotopic (exact) mass is 670 g/mol. The Morgan fingerprint density at radius 3 is 2.26 bits per heavy atom. The number of carbonyl (C=O) groups is 1. The first-order chi connectivity index (χ1) is 21.9. The van der Waals surface area contributed by atoms with Gasteiger partial charge in [0, 0.05) is 30.8 Å². The topological polar surface area (TPSA) is 205 Å². The molecule has 0 radical (unpaired) electrons. The van der Waals surface area contributed by atoms with Crippen LogP contribution in [0, 0.1) is 22.7 Å². The van der Waals surface area contributed by atoms with Crippen molar-refractivity contribution in [2.24, 2.45) is 22.7 Å². The summed E-state index contributed by atoms with van der Waals surface area (Å²) in [6.07, 6.45) is -7.20. The van der Waals surface area contributed by atoms with E-state index in [1.807, 2.05) is 13.0 Å². The molecular weight excluding hydrogens is 616 g/mol. The molecule has 6 rings (SSSR count). The van der Waals surface area contributed by atoms with E-state index in [4.69, 9.17) is 23.7 Å². The lowest BCUT2D eigenvalue weighted by atomic mass is 9.42. The SMILES string of the molecule is CO[C@H]1[C@@H](O)[C@H](O[C@H]2[C@H](O)C[C@H](O[C@H]3CC[C@@]4(C)C(=CC[C@]5(O)[C@@H]4C(O)C(O)[C@]4(C)[C@@H](C(C)=O)CC[C@@]54O)C3)O[C@@H]2C)O[C@H](C)[C@H]1O. The summed E-state index contributed by atoms with van der Waals surface area (Å²) in [5.74, 6) is -1.72. The highest BCUT2D eigenvalue weighted by Gasteiger charge is 2.78. The van der Waals surface area contributed by atoms with Gasteiger partial charge in [-0.15, -0.1) is 0 Å². The van der Waals surface area contributed by atoms with Crippen LogP contribution in [0.2, 0.25) is 0 Å². The van der Waals surface area contributed by atoms with Gasteiger partial charge in [-0.25, -0.2) is 0 Å². The Morgan fingerprint density at radius 2 is 1.62 bits per heavy atom. The minimum atomic E-state index is -1.76. The second kappa shape index (κ2) is 12.3. The summed E-state index contributed by atoms with van der Waals surface area (Å²) in [6, 6.07) is 0. The molecule has 7 N–H and O–H groups in total. The van der Waals surface area contributed by atoms with Gasteiger partial charge in [0.15, 0.2) is 12.6 Å². The standard InChI is InChI=1S/C34H54O13/c1-15(35)20-9-12-34(42)32(20,5)29(40)25(39)28-31(4)10-8-19(13-18(31)7-11-33(28,34)41)46-22-14-21(36)26(17(3)44-22)47-30-24(38)27(43-6)23(37)16(2)45-30/h7,16-17,19-30,36-42H,8-14H2,1-6H3/t16-,17-,19+,20-,21-,22+,23-,24-,25?,26-,27-,28-,29?,30+,31+,32+,33+,34+/m1/s1. The fourth-order valence-corrected chi connectivity index (χ4v) is 10.6. The number of ketones is 1. The Balaban J connectivity index is 1.13. The Kier molecular flexibility index (Phi) is 9.36. The molecule has 18 atom stereocenters. The first-order valence-electron chi connectivity index (χ1n) is 17.1. The molecule has 13 heteroatoms. The molecule has 0 aromatic carbocycles. The second-order valence-corrected chi connectivity index (χ2v) is 15.6. The zero-order valence-corrected chi connectivity index (χ0v) is 28.2. The summed E-state index contributed by atoms with van der Waals surface area (Å²) in [7, 11) is 1.38. The Bertz CT molecular complexity index is 1220. The van der Waals surface area contributed by atoms with Gasteiger partial charge in [0.1, 0.15) is 41.4 Å². The number of hydrogen-bond acceptors (Lipinski definition) is 13. The molecule has 4 aliphatic carbocycles. The number of aliphatic hydroxyl groups is 7. The summed E-state index contributed by atoms with van der Waals surface area (Å²) >= 11 is 0. The Labute approximate surface area is 275 Å². The lowest BCUT2D eigenvalue weighted by Crippen LogP contribution is -2.79. The highest BCUT2D eigenvalue weighted by Crippen LogP contribution is 2.69. The lowest BCUT2D eigenvalue weighted by Gasteiger charge is -2.67. The van der Waals surface area contributed by atoms with Crippen molar-refractivity contribution in [3.8, 4) is 0 Å². The molecule has 0 aromatic rings. The van der Waals surface area contributed by atoms with Gasteiger partial charge in [0.25, 0.3) is 0 Å². The van der Waals surface area contributed by atoms with Crippen molar-refractivity contribution in [1.29, 1.82) is 0 Å². The van der Waals surface area contributed by atoms with Gasteiger partial charge in [-0.3, -0.25) is 4.79 Å². The molecule has 0 spiro atoms. The molecule has 2 saturated heterocycles. The molecule has 5 fully saturated rings. The van der Waals surface area contributed by atoms with Crippen LogP contribution >= 0.6 is 0 Å². The number of carbonyl (C=O) groups excluding carboxylic acids is 1. The van der Waals surface area contributed by atoms with Crippen molar-refractivity contribution in [3.63, 3.8) is 0 Å². The normalized spacial score (nSPS) is 56.2. The third kappa shape index (κ3) is 5.14. The molecule has 47 heavy (non-hydrogen) atoms. The predicted octanol–water partition coefficient (Wildman–Crippen LogP) is 0.0736. The van der Waals surface area contributed by atoms with Crippen LogP contribution in [0.3, 0.4) is 0 Å². The molecule has 13 nitrogen and oxygen atoms in total. The highest BCUT2D eigenvalue weighted by atomic mass is 16.7. The maximum absolute atomic E-state index is 12.6. The molecule has 2 aliphatic heterocycles.